The number of benzene rings is 1. The lowest BCUT2D eigenvalue weighted by Crippen LogP contribution is -2.46. The first-order valence-corrected chi connectivity index (χ1v) is 8.69. The molecule has 0 bridgehead atoms. The van der Waals surface area contributed by atoms with Crippen LogP contribution in [-0.2, 0) is 4.74 Å². The van der Waals surface area contributed by atoms with Crippen molar-refractivity contribution < 1.29 is 26.7 Å². The molecule has 1 saturated heterocycles. The van der Waals surface area contributed by atoms with Crippen molar-refractivity contribution in [3.8, 4) is 0 Å². The number of nitrogens with one attached hydrogen (secondary N) is 1. The Balaban J connectivity index is 0.000000292. The molecule has 28 heavy (non-hydrogen) atoms. The van der Waals surface area contributed by atoms with E-state index in [1.165, 1.54) is 26.0 Å². The fraction of sp³-hybridized carbons (Fsp3) is 0.450. The molecule has 8 heteroatoms. The molecule has 2 aromatic rings. The summed E-state index contributed by atoms with van der Waals surface area (Å²) in [6.45, 7) is 5.47. The summed E-state index contributed by atoms with van der Waals surface area (Å²) in [5.74, 6) is -3.52. The number of aromatic nitrogens is 1. The minimum atomic E-state index is -4.51. The van der Waals surface area contributed by atoms with E-state index in [1.54, 1.807) is 12.3 Å². The van der Waals surface area contributed by atoms with Crippen LogP contribution in [0.15, 0.2) is 35.3 Å². The molecule has 3 atom stereocenters. The molecular formula is C20H22F5NO2. The summed E-state index contributed by atoms with van der Waals surface area (Å²) >= 11 is 0. The van der Waals surface area contributed by atoms with E-state index >= 15 is 0 Å². The monoisotopic (exact) mass is 403 g/mol. The third-order valence-corrected chi connectivity index (χ3v) is 5.30. The Labute approximate surface area is 159 Å². The van der Waals surface area contributed by atoms with Crippen LogP contribution < -0.4 is 5.43 Å². The number of pyridine rings is 1. The Morgan fingerprint density at radius 2 is 1.82 bits per heavy atom. The van der Waals surface area contributed by atoms with Crippen LogP contribution in [0, 0.1) is 31.4 Å². The Bertz CT molecular complexity index is 893. The molecule has 2 unspecified atom stereocenters. The Kier molecular flexibility index (Phi) is 6.33. The van der Waals surface area contributed by atoms with Crippen molar-refractivity contribution in [2.24, 2.45) is 5.92 Å². The Hall–Kier alpha value is -2.22. The molecule has 1 aliphatic heterocycles. The molecule has 2 heterocycles. The molecule has 154 valence electrons. The molecule has 0 aliphatic carbocycles. The predicted molar refractivity (Wildman–Crippen MR) is 95.2 cm³/mol. The maximum atomic E-state index is 13.6. The molecule has 0 spiro atoms. The van der Waals surface area contributed by atoms with Crippen molar-refractivity contribution in [1.82, 2.24) is 4.98 Å². The summed E-state index contributed by atoms with van der Waals surface area (Å²) in [7, 11) is 0. The van der Waals surface area contributed by atoms with E-state index in [4.69, 9.17) is 4.74 Å². The van der Waals surface area contributed by atoms with E-state index < -0.39 is 35.2 Å². The fourth-order valence-corrected chi connectivity index (χ4v) is 3.25. The highest BCUT2D eigenvalue weighted by Gasteiger charge is 2.61. The van der Waals surface area contributed by atoms with Gasteiger partial charge >= 0.3 is 6.18 Å². The number of aromatic amines is 1. The van der Waals surface area contributed by atoms with Gasteiger partial charge in [-0.3, -0.25) is 4.79 Å². The van der Waals surface area contributed by atoms with Crippen molar-refractivity contribution in [3.05, 3.63) is 69.1 Å². The average Bonchev–Trinajstić information content (AvgIpc) is 2.90. The minimum Gasteiger partial charge on any atom is -0.365 e. The second-order valence-electron chi connectivity index (χ2n) is 7.09. The first-order chi connectivity index (χ1) is 12.9. The topological polar surface area (TPSA) is 42.1 Å². The Morgan fingerprint density at radius 1 is 1.18 bits per heavy atom. The van der Waals surface area contributed by atoms with Crippen LogP contribution in [0.3, 0.4) is 0 Å². The number of H-pyrrole nitrogens is 1. The highest BCUT2D eigenvalue weighted by molar-refractivity contribution is 5.33. The van der Waals surface area contributed by atoms with Gasteiger partial charge in [0.15, 0.2) is 22.7 Å². The standard InChI is InChI=1S/C14H15F5O.C6H7NO/c1-7-9(4-5-11(15)12(7)16)10-6-20-13(3,8(10)2)14(17,18)19;1-5-4-6(8)2-3-7-5/h4-5,8,10H,6H2,1-3H3;2-4H,1H3,(H,7,8)/t8?,10?,13-;/m0./s1. The lowest BCUT2D eigenvalue weighted by atomic mass is 9.78. The van der Waals surface area contributed by atoms with Gasteiger partial charge < -0.3 is 9.72 Å². The summed E-state index contributed by atoms with van der Waals surface area (Å²) in [6.07, 6.45) is -2.87. The number of hydrogen-bond donors (Lipinski definition) is 1. The maximum Gasteiger partial charge on any atom is 0.417 e. The zero-order valence-electron chi connectivity index (χ0n) is 16.0. The SMILES string of the molecule is Cc1c(C2CO[C@](C)(C(F)(F)F)C2C)ccc(F)c1F.Cc1cc(=O)cc[nH]1. The second kappa shape index (κ2) is 8.03. The van der Waals surface area contributed by atoms with Crippen LogP contribution in [0.1, 0.15) is 36.6 Å². The zero-order chi connectivity index (χ0) is 21.3. The van der Waals surface area contributed by atoms with Gasteiger partial charge in [-0.2, -0.15) is 13.2 Å². The predicted octanol–water partition coefficient (Wildman–Crippen LogP) is 5.03. The van der Waals surface area contributed by atoms with Gasteiger partial charge in [-0.1, -0.05) is 13.0 Å². The van der Waals surface area contributed by atoms with Crippen molar-refractivity contribution in [2.45, 2.75) is 45.4 Å². The third-order valence-electron chi connectivity index (χ3n) is 5.30. The van der Waals surface area contributed by atoms with E-state index in [0.29, 0.717) is 5.56 Å². The van der Waals surface area contributed by atoms with Crippen molar-refractivity contribution in [1.29, 1.82) is 0 Å². The highest BCUT2D eigenvalue weighted by atomic mass is 19.4. The average molecular weight is 403 g/mol. The normalized spacial score (nSPS) is 24.6. The third kappa shape index (κ3) is 4.27. The van der Waals surface area contributed by atoms with Gasteiger partial charge in [-0.25, -0.2) is 8.78 Å². The molecule has 3 rings (SSSR count). The fourth-order valence-electron chi connectivity index (χ4n) is 3.25. The summed E-state index contributed by atoms with van der Waals surface area (Å²) in [6, 6.07) is 5.32. The summed E-state index contributed by atoms with van der Waals surface area (Å²) in [4.78, 5) is 13.3. The van der Waals surface area contributed by atoms with Gasteiger partial charge in [-0.05, 0) is 38.0 Å². The van der Waals surface area contributed by atoms with E-state index in [1.807, 2.05) is 6.92 Å². The largest absolute Gasteiger partial charge is 0.417 e. The molecule has 3 nitrogen and oxygen atoms in total. The zero-order valence-corrected chi connectivity index (χ0v) is 16.0. The van der Waals surface area contributed by atoms with Crippen LogP contribution in [0.4, 0.5) is 22.0 Å². The molecule has 1 N–H and O–H groups in total. The van der Waals surface area contributed by atoms with E-state index in [2.05, 4.69) is 4.98 Å². The number of halogens is 5. The lowest BCUT2D eigenvalue weighted by molar-refractivity contribution is -0.266. The molecular weight excluding hydrogens is 381 g/mol. The van der Waals surface area contributed by atoms with E-state index in [-0.39, 0.29) is 17.6 Å². The van der Waals surface area contributed by atoms with Gasteiger partial charge in [0.2, 0.25) is 0 Å². The van der Waals surface area contributed by atoms with Gasteiger partial charge in [0, 0.05) is 35.9 Å². The highest BCUT2D eigenvalue weighted by Crippen LogP contribution is 2.50. The van der Waals surface area contributed by atoms with Gasteiger partial charge in [0.25, 0.3) is 0 Å². The van der Waals surface area contributed by atoms with Crippen molar-refractivity contribution in [3.63, 3.8) is 0 Å². The van der Waals surface area contributed by atoms with Crippen LogP contribution in [0.25, 0.3) is 0 Å². The van der Waals surface area contributed by atoms with Gasteiger partial charge in [-0.15, -0.1) is 0 Å². The molecule has 0 amide bonds. The first-order valence-electron chi connectivity index (χ1n) is 8.69. The first kappa shape index (κ1) is 22.1. The lowest BCUT2D eigenvalue weighted by Gasteiger charge is -2.32. The minimum absolute atomic E-state index is 0.0388. The second-order valence-corrected chi connectivity index (χ2v) is 7.09. The van der Waals surface area contributed by atoms with Crippen LogP contribution >= 0.6 is 0 Å². The molecule has 0 saturated carbocycles. The van der Waals surface area contributed by atoms with Crippen molar-refractivity contribution >= 4 is 0 Å². The molecule has 1 aliphatic rings. The van der Waals surface area contributed by atoms with Crippen LogP contribution in [-0.4, -0.2) is 23.4 Å². The smallest absolute Gasteiger partial charge is 0.365 e. The molecule has 1 aromatic heterocycles. The number of alkyl halides is 3. The molecule has 0 radical (unpaired) electrons. The van der Waals surface area contributed by atoms with E-state index in [0.717, 1.165) is 18.7 Å². The Morgan fingerprint density at radius 3 is 2.29 bits per heavy atom. The van der Waals surface area contributed by atoms with Crippen LogP contribution in [0.2, 0.25) is 0 Å². The summed E-state index contributed by atoms with van der Waals surface area (Å²) in [5, 5.41) is 0. The number of aryl methyl sites for hydroxylation is 1. The van der Waals surface area contributed by atoms with Gasteiger partial charge in [0.05, 0.1) is 6.61 Å². The molecule has 1 fully saturated rings. The summed E-state index contributed by atoms with van der Waals surface area (Å²) < 4.78 is 70.8. The quantitative estimate of drug-likeness (QED) is 0.679. The molecule has 1 aromatic carbocycles. The maximum absolute atomic E-state index is 13.6. The number of rotatable bonds is 1. The van der Waals surface area contributed by atoms with E-state index in [9.17, 15) is 26.7 Å². The number of hydrogen-bond acceptors (Lipinski definition) is 2. The van der Waals surface area contributed by atoms with Crippen molar-refractivity contribution in [2.75, 3.05) is 6.61 Å². The van der Waals surface area contributed by atoms with Gasteiger partial charge in [0.1, 0.15) is 0 Å². The van der Waals surface area contributed by atoms with Crippen LogP contribution in [0.5, 0.6) is 0 Å². The summed E-state index contributed by atoms with van der Waals surface area (Å²) in [5.41, 5.74) is -0.908. The number of ether oxygens (including phenoxy) is 1.